The molecule has 5 rings (SSSR count). The highest BCUT2D eigenvalue weighted by molar-refractivity contribution is 5.97. The van der Waals surface area contributed by atoms with Crippen LogP contribution in [-0.4, -0.2) is 56.6 Å². The van der Waals surface area contributed by atoms with Gasteiger partial charge in [0.05, 0.1) is 36.6 Å². The van der Waals surface area contributed by atoms with Crippen molar-refractivity contribution in [1.82, 2.24) is 24.4 Å². The molecular formula is C24H24N6O2. The van der Waals surface area contributed by atoms with E-state index >= 15 is 0 Å². The summed E-state index contributed by atoms with van der Waals surface area (Å²) in [6.45, 7) is 4.44. The first kappa shape index (κ1) is 20.1. The van der Waals surface area contributed by atoms with Crippen LogP contribution in [0.1, 0.15) is 28.9 Å². The summed E-state index contributed by atoms with van der Waals surface area (Å²) in [4.78, 5) is 28.3. The van der Waals surface area contributed by atoms with Crippen molar-refractivity contribution >= 4 is 22.8 Å². The van der Waals surface area contributed by atoms with Gasteiger partial charge in [0.2, 0.25) is 0 Å². The number of nitrogens with one attached hydrogen (secondary N) is 1. The van der Waals surface area contributed by atoms with Crippen LogP contribution in [0.3, 0.4) is 0 Å². The molecule has 0 unspecified atom stereocenters. The average Bonchev–Trinajstić information content (AvgIpc) is 3.28. The van der Waals surface area contributed by atoms with Crippen LogP contribution in [0.4, 0.5) is 5.82 Å². The smallest absolute Gasteiger partial charge is 0.254 e. The summed E-state index contributed by atoms with van der Waals surface area (Å²) >= 11 is 0. The molecule has 0 saturated carbocycles. The van der Waals surface area contributed by atoms with E-state index < -0.39 is 0 Å². The zero-order valence-electron chi connectivity index (χ0n) is 17.8. The van der Waals surface area contributed by atoms with Gasteiger partial charge in [-0.3, -0.25) is 14.3 Å². The third-order valence-corrected chi connectivity index (χ3v) is 5.63. The number of aromatic nitrogens is 4. The molecule has 1 aliphatic rings. The Hall–Kier alpha value is -3.78. The first-order chi connectivity index (χ1) is 15.7. The minimum atomic E-state index is 0.00105. The Balaban J connectivity index is 1.43. The summed E-state index contributed by atoms with van der Waals surface area (Å²) in [6, 6.07) is 15.8. The van der Waals surface area contributed by atoms with E-state index in [0.717, 1.165) is 11.0 Å². The van der Waals surface area contributed by atoms with Gasteiger partial charge >= 0.3 is 0 Å². The third kappa shape index (κ3) is 4.04. The molecule has 162 valence electrons. The van der Waals surface area contributed by atoms with E-state index in [1.165, 1.54) is 5.56 Å². The summed E-state index contributed by atoms with van der Waals surface area (Å²) in [7, 11) is 0. The molecule has 1 atom stereocenters. The zero-order valence-corrected chi connectivity index (χ0v) is 17.8. The Labute approximate surface area is 185 Å². The molecular weight excluding hydrogens is 404 g/mol. The number of hydrogen-bond donors (Lipinski definition) is 1. The molecule has 1 saturated heterocycles. The van der Waals surface area contributed by atoms with Crippen molar-refractivity contribution in [3.8, 4) is 5.82 Å². The number of rotatable bonds is 5. The van der Waals surface area contributed by atoms with Crippen LogP contribution in [-0.2, 0) is 4.74 Å². The Morgan fingerprint density at radius 3 is 2.72 bits per heavy atom. The number of imidazole rings is 1. The maximum absolute atomic E-state index is 12.9. The lowest BCUT2D eigenvalue weighted by atomic mass is 10.1. The molecule has 1 fully saturated rings. The van der Waals surface area contributed by atoms with Gasteiger partial charge in [-0.1, -0.05) is 30.3 Å². The monoisotopic (exact) mass is 428 g/mol. The predicted octanol–water partition coefficient (Wildman–Crippen LogP) is 3.46. The SMILES string of the molecule is C[C@H](Nc1cncc(-n2cnc3ccc(C(=O)N4CCOCC4)cc32)n1)c1ccccc1. The van der Waals surface area contributed by atoms with Crippen molar-refractivity contribution in [2.45, 2.75) is 13.0 Å². The van der Waals surface area contributed by atoms with Gasteiger partial charge in [0, 0.05) is 24.7 Å². The van der Waals surface area contributed by atoms with E-state index in [2.05, 4.69) is 34.3 Å². The van der Waals surface area contributed by atoms with Crippen molar-refractivity contribution in [2.24, 2.45) is 0 Å². The van der Waals surface area contributed by atoms with Crippen LogP contribution < -0.4 is 5.32 Å². The number of anilines is 1. The molecule has 4 aromatic rings. The summed E-state index contributed by atoms with van der Waals surface area (Å²) in [5.41, 5.74) is 3.40. The minimum Gasteiger partial charge on any atom is -0.378 e. The first-order valence-corrected chi connectivity index (χ1v) is 10.7. The lowest BCUT2D eigenvalue weighted by Crippen LogP contribution is -2.40. The Bertz CT molecular complexity index is 1230. The molecule has 32 heavy (non-hydrogen) atoms. The van der Waals surface area contributed by atoms with Gasteiger partial charge in [0.15, 0.2) is 5.82 Å². The number of carbonyl (C=O) groups is 1. The minimum absolute atomic E-state index is 0.00105. The Kier molecular flexibility index (Phi) is 5.51. The van der Waals surface area contributed by atoms with Crippen molar-refractivity contribution < 1.29 is 9.53 Å². The van der Waals surface area contributed by atoms with Crippen LogP contribution in [0.2, 0.25) is 0 Å². The highest BCUT2D eigenvalue weighted by Crippen LogP contribution is 2.22. The number of morpholine rings is 1. The predicted molar refractivity (Wildman–Crippen MR) is 122 cm³/mol. The number of amides is 1. The molecule has 0 radical (unpaired) electrons. The van der Waals surface area contributed by atoms with Crippen LogP contribution in [0.25, 0.3) is 16.9 Å². The molecule has 1 aliphatic heterocycles. The molecule has 3 heterocycles. The van der Waals surface area contributed by atoms with Crippen LogP contribution >= 0.6 is 0 Å². The van der Waals surface area contributed by atoms with Gasteiger partial charge in [-0.25, -0.2) is 9.97 Å². The normalized spacial score (nSPS) is 15.0. The summed E-state index contributed by atoms with van der Waals surface area (Å²) in [5.74, 6) is 1.30. The number of ether oxygens (including phenoxy) is 1. The summed E-state index contributed by atoms with van der Waals surface area (Å²) in [5, 5.41) is 3.40. The second-order valence-corrected chi connectivity index (χ2v) is 7.76. The summed E-state index contributed by atoms with van der Waals surface area (Å²) in [6.07, 6.45) is 5.10. The van der Waals surface area contributed by atoms with Crippen LogP contribution in [0.15, 0.2) is 67.3 Å². The Morgan fingerprint density at radius 2 is 1.91 bits per heavy atom. The topological polar surface area (TPSA) is 85.2 Å². The van der Waals surface area contributed by atoms with E-state index in [9.17, 15) is 4.79 Å². The second kappa shape index (κ2) is 8.76. The van der Waals surface area contributed by atoms with E-state index in [-0.39, 0.29) is 11.9 Å². The van der Waals surface area contributed by atoms with Gasteiger partial charge in [-0.15, -0.1) is 0 Å². The molecule has 0 spiro atoms. The van der Waals surface area contributed by atoms with Crippen molar-refractivity contribution in [2.75, 3.05) is 31.6 Å². The van der Waals surface area contributed by atoms with E-state index in [4.69, 9.17) is 9.72 Å². The fraction of sp³-hybridized carbons (Fsp3) is 0.250. The van der Waals surface area contributed by atoms with Crippen molar-refractivity contribution in [1.29, 1.82) is 0 Å². The van der Waals surface area contributed by atoms with E-state index in [1.807, 2.05) is 45.9 Å². The molecule has 2 aromatic carbocycles. The Morgan fingerprint density at radius 1 is 1.09 bits per heavy atom. The number of carbonyl (C=O) groups excluding carboxylic acids is 1. The first-order valence-electron chi connectivity index (χ1n) is 10.7. The molecule has 1 N–H and O–H groups in total. The van der Waals surface area contributed by atoms with Gasteiger partial charge in [0.1, 0.15) is 12.1 Å². The summed E-state index contributed by atoms with van der Waals surface area (Å²) < 4.78 is 7.22. The van der Waals surface area contributed by atoms with E-state index in [0.29, 0.717) is 43.5 Å². The van der Waals surface area contributed by atoms with Gasteiger partial charge < -0.3 is 15.0 Å². The van der Waals surface area contributed by atoms with Gasteiger partial charge in [-0.05, 0) is 30.7 Å². The van der Waals surface area contributed by atoms with Gasteiger partial charge in [0.25, 0.3) is 5.91 Å². The highest BCUT2D eigenvalue weighted by Gasteiger charge is 2.19. The lowest BCUT2D eigenvalue weighted by Gasteiger charge is -2.26. The van der Waals surface area contributed by atoms with Crippen LogP contribution in [0.5, 0.6) is 0 Å². The molecule has 2 aromatic heterocycles. The fourth-order valence-corrected chi connectivity index (χ4v) is 3.86. The van der Waals surface area contributed by atoms with Crippen molar-refractivity contribution in [3.05, 3.63) is 78.4 Å². The molecule has 8 nitrogen and oxygen atoms in total. The van der Waals surface area contributed by atoms with Gasteiger partial charge in [-0.2, -0.15) is 0 Å². The largest absolute Gasteiger partial charge is 0.378 e. The maximum atomic E-state index is 12.9. The molecule has 0 bridgehead atoms. The zero-order chi connectivity index (χ0) is 21.9. The molecule has 8 heteroatoms. The molecule has 0 aliphatic carbocycles. The highest BCUT2D eigenvalue weighted by atomic mass is 16.5. The van der Waals surface area contributed by atoms with E-state index in [1.54, 1.807) is 18.7 Å². The fourth-order valence-electron chi connectivity index (χ4n) is 3.86. The molecule has 1 amide bonds. The van der Waals surface area contributed by atoms with Crippen LogP contribution in [0, 0.1) is 0 Å². The number of hydrogen-bond acceptors (Lipinski definition) is 6. The standard InChI is InChI=1S/C24H24N6O2/c1-17(18-5-3-2-4-6-18)27-22-14-25-15-23(28-22)30-16-26-20-8-7-19(13-21(20)30)24(31)29-9-11-32-12-10-29/h2-8,13-17H,9-12H2,1H3,(H,27,28)/t17-/m0/s1. The maximum Gasteiger partial charge on any atom is 0.254 e. The van der Waals surface area contributed by atoms with Crippen molar-refractivity contribution in [3.63, 3.8) is 0 Å². The average molecular weight is 428 g/mol. The number of benzene rings is 2. The lowest BCUT2D eigenvalue weighted by molar-refractivity contribution is 0.0303. The number of fused-ring (bicyclic) bond motifs is 1. The second-order valence-electron chi connectivity index (χ2n) is 7.76. The quantitative estimate of drug-likeness (QED) is 0.524. The third-order valence-electron chi connectivity index (χ3n) is 5.63. The number of nitrogens with zero attached hydrogens (tertiary/aromatic N) is 5.